The Labute approximate surface area is 221 Å². The second kappa shape index (κ2) is 8.87. The van der Waals surface area contributed by atoms with Gasteiger partial charge in [-0.05, 0) is 36.6 Å². The number of rotatable bonds is 4. The predicted octanol–water partition coefficient (Wildman–Crippen LogP) is 2.98. The van der Waals surface area contributed by atoms with Crippen LogP contribution in [-0.4, -0.2) is 56.3 Å². The molecule has 0 amide bonds. The van der Waals surface area contributed by atoms with Crippen LogP contribution in [-0.2, 0) is 34.8 Å². The van der Waals surface area contributed by atoms with Crippen molar-refractivity contribution in [3.05, 3.63) is 62.2 Å². The summed E-state index contributed by atoms with van der Waals surface area (Å²) in [5.74, 6) is -5.46. The van der Waals surface area contributed by atoms with Crippen LogP contribution in [0.3, 0.4) is 0 Å². The molecule has 0 saturated carbocycles. The lowest BCUT2D eigenvalue weighted by Crippen LogP contribution is -2.48. The topological polar surface area (TPSA) is 105 Å². The molecule has 39 heavy (non-hydrogen) atoms. The van der Waals surface area contributed by atoms with Crippen LogP contribution in [0.5, 0.6) is 0 Å². The number of aromatic nitrogens is 2. The van der Waals surface area contributed by atoms with Gasteiger partial charge in [0.05, 0.1) is 41.5 Å². The van der Waals surface area contributed by atoms with E-state index in [9.17, 15) is 33.0 Å². The highest BCUT2D eigenvalue weighted by atomic mass is 19.3. The first-order valence-corrected chi connectivity index (χ1v) is 13.0. The number of likely N-dealkylation sites (tertiary alicyclic amines) is 1. The van der Waals surface area contributed by atoms with Gasteiger partial charge in [-0.25, -0.2) is 22.9 Å². The van der Waals surface area contributed by atoms with Gasteiger partial charge in [-0.2, -0.15) is 0 Å². The zero-order chi connectivity index (χ0) is 27.9. The molecule has 1 saturated heterocycles. The number of ether oxygens (including phenoxy) is 1. The summed E-state index contributed by atoms with van der Waals surface area (Å²) in [5, 5.41) is 21.4. The van der Waals surface area contributed by atoms with Gasteiger partial charge in [0.2, 0.25) is 0 Å². The number of aliphatic hydroxyl groups excluding tert-OH is 1. The number of pyridine rings is 2. The molecule has 0 spiro atoms. The summed E-state index contributed by atoms with van der Waals surface area (Å²) in [6, 6.07) is 4.58. The number of esters is 1. The van der Waals surface area contributed by atoms with Crippen LogP contribution < -0.4 is 5.56 Å². The van der Waals surface area contributed by atoms with Gasteiger partial charge in [-0.3, -0.25) is 9.69 Å². The van der Waals surface area contributed by atoms with Gasteiger partial charge in [0, 0.05) is 48.6 Å². The van der Waals surface area contributed by atoms with Gasteiger partial charge in [-0.15, -0.1) is 0 Å². The summed E-state index contributed by atoms with van der Waals surface area (Å²) in [5.41, 5.74) is 0.934. The van der Waals surface area contributed by atoms with Gasteiger partial charge in [0.25, 0.3) is 11.5 Å². The third-order valence-corrected chi connectivity index (χ3v) is 8.53. The smallest absolute Gasteiger partial charge is 0.343 e. The molecule has 2 N–H and O–H groups in total. The van der Waals surface area contributed by atoms with E-state index in [1.165, 1.54) is 10.6 Å². The van der Waals surface area contributed by atoms with E-state index in [1.54, 1.807) is 26.0 Å². The summed E-state index contributed by atoms with van der Waals surface area (Å²) in [7, 11) is 0. The molecule has 0 aliphatic carbocycles. The van der Waals surface area contributed by atoms with Crippen molar-refractivity contribution in [3.8, 4) is 11.4 Å². The first-order chi connectivity index (χ1) is 18.5. The molecule has 2 atom stereocenters. The maximum Gasteiger partial charge on any atom is 0.343 e. The zero-order valence-corrected chi connectivity index (χ0v) is 21.6. The highest BCUT2D eigenvalue weighted by Crippen LogP contribution is 2.41. The maximum atomic E-state index is 14.6. The molecule has 1 aromatic carbocycles. The van der Waals surface area contributed by atoms with Crippen LogP contribution in [0.1, 0.15) is 47.6 Å². The van der Waals surface area contributed by atoms with Gasteiger partial charge >= 0.3 is 5.97 Å². The van der Waals surface area contributed by atoms with E-state index >= 15 is 0 Å². The Balaban J connectivity index is 1.54. The number of benzene rings is 1. The minimum Gasteiger partial charge on any atom is -0.458 e. The molecular weight excluding hydrogens is 515 g/mol. The number of aliphatic hydroxyl groups is 2. The molecule has 206 valence electrons. The fraction of sp³-hybridized carbons (Fsp3) is 0.464. The molecule has 11 heteroatoms. The van der Waals surface area contributed by atoms with E-state index < -0.39 is 47.8 Å². The third-order valence-electron chi connectivity index (χ3n) is 8.53. The van der Waals surface area contributed by atoms with E-state index in [0.29, 0.717) is 33.4 Å². The minimum atomic E-state index is -2.97. The van der Waals surface area contributed by atoms with Crippen LogP contribution in [0.15, 0.2) is 23.0 Å². The second-order valence-corrected chi connectivity index (χ2v) is 10.8. The van der Waals surface area contributed by atoms with Crippen LogP contribution in [0.2, 0.25) is 0 Å². The Morgan fingerprint density at radius 3 is 2.69 bits per heavy atom. The first-order valence-electron chi connectivity index (χ1n) is 13.0. The molecule has 5 heterocycles. The standard InChI is InChI=1S/C28H28F3N3O5/c1-3-27(38)20-7-23-24-18(11-34(23)25(36)19(20)13-39-26(27)37)17(16-6-14(2)21(29)8-22(16)32-24)10-33-5-4-28(30,31)15(9-33)12-35/h6-8,15,35,38H,3-5,9-13H2,1-2H3/t15?,27-/m0/s1. The van der Waals surface area contributed by atoms with Gasteiger partial charge < -0.3 is 19.5 Å². The van der Waals surface area contributed by atoms with Crippen LogP contribution in [0.4, 0.5) is 13.2 Å². The Morgan fingerprint density at radius 2 is 1.97 bits per heavy atom. The molecule has 3 aliphatic heterocycles. The van der Waals surface area contributed by atoms with E-state index in [2.05, 4.69) is 0 Å². The van der Waals surface area contributed by atoms with E-state index in [0.717, 1.165) is 5.56 Å². The third kappa shape index (κ3) is 3.81. The number of aryl methyl sites for hydroxylation is 1. The van der Waals surface area contributed by atoms with Crippen molar-refractivity contribution in [1.82, 2.24) is 14.5 Å². The summed E-state index contributed by atoms with van der Waals surface area (Å²) in [6.07, 6.45) is -0.395. The number of carbonyl (C=O) groups is 1. The summed E-state index contributed by atoms with van der Waals surface area (Å²) >= 11 is 0. The number of hydrogen-bond acceptors (Lipinski definition) is 7. The number of nitrogens with zero attached hydrogens (tertiary/aromatic N) is 3. The Hall–Kier alpha value is -3.28. The normalized spacial score (nSPS) is 23.9. The van der Waals surface area contributed by atoms with Gasteiger partial charge in [0.15, 0.2) is 5.60 Å². The van der Waals surface area contributed by atoms with E-state index in [4.69, 9.17) is 9.72 Å². The van der Waals surface area contributed by atoms with Crippen LogP contribution in [0.25, 0.3) is 22.3 Å². The van der Waals surface area contributed by atoms with Gasteiger partial charge in [0.1, 0.15) is 12.4 Å². The number of alkyl halides is 2. The number of piperidine rings is 1. The average molecular weight is 544 g/mol. The van der Waals surface area contributed by atoms with Crippen LogP contribution in [0, 0.1) is 18.7 Å². The fourth-order valence-electron chi connectivity index (χ4n) is 6.08. The largest absolute Gasteiger partial charge is 0.458 e. The molecule has 2 aromatic heterocycles. The van der Waals surface area contributed by atoms with Gasteiger partial charge in [-0.1, -0.05) is 6.92 Å². The molecular formula is C28H28F3N3O5. The number of hydrogen-bond donors (Lipinski definition) is 2. The first kappa shape index (κ1) is 26.0. The lowest BCUT2D eigenvalue weighted by atomic mass is 9.86. The van der Waals surface area contributed by atoms with Crippen molar-refractivity contribution in [2.75, 3.05) is 19.7 Å². The van der Waals surface area contributed by atoms with Crippen molar-refractivity contribution in [3.63, 3.8) is 0 Å². The molecule has 6 rings (SSSR count). The lowest BCUT2D eigenvalue weighted by Gasteiger charge is -2.38. The Morgan fingerprint density at radius 1 is 1.21 bits per heavy atom. The zero-order valence-electron chi connectivity index (χ0n) is 21.6. The molecule has 3 aliphatic rings. The fourth-order valence-corrected chi connectivity index (χ4v) is 6.08. The maximum absolute atomic E-state index is 14.6. The van der Waals surface area contributed by atoms with Crippen molar-refractivity contribution in [1.29, 1.82) is 0 Å². The molecule has 0 bridgehead atoms. The summed E-state index contributed by atoms with van der Waals surface area (Å²) in [6.45, 7) is 2.80. The van der Waals surface area contributed by atoms with E-state index in [-0.39, 0.29) is 50.3 Å². The highest BCUT2D eigenvalue weighted by Gasteiger charge is 2.46. The number of cyclic esters (lactones) is 1. The highest BCUT2D eigenvalue weighted by molar-refractivity contribution is 5.89. The van der Waals surface area contributed by atoms with Crippen molar-refractivity contribution in [2.45, 2.75) is 57.9 Å². The summed E-state index contributed by atoms with van der Waals surface area (Å²) in [4.78, 5) is 32.6. The Kier molecular flexibility index (Phi) is 5.91. The van der Waals surface area contributed by atoms with Crippen molar-refractivity contribution in [2.24, 2.45) is 5.92 Å². The Bertz CT molecular complexity index is 1600. The van der Waals surface area contributed by atoms with Crippen molar-refractivity contribution >= 4 is 16.9 Å². The van der Waals surface area contributed by atoms with E-state index in [1.807, 2.05) is 4.90 Å². The SMILES string of the molecule is CC[C@@]1(O)C(=O)OCc2c1cc1n(c2=O)Cc2c-1nc1cc(F)c(C)cc1c2CN1CCC(F)(F)C(CO)C1. The summed E-state index contributed by atoms with van der Waals surface area (Å²) < 4.78 is 49.9. The lowest BCUT2D eigenvalue weighted by molar-refractivity contribution is -0.172. The molecule has 8 nitrogen and oxygen atoms in total. The molecule has 3 aromatic rings. The molecule has 1 unspecified atom stereocenters. The second-order valence-electron chi connectivity index (χ2n) is 10.8. The molecule has 1 fully saturated rings. The molecule has 0 radical (unpaired) electrons. The van der Waals surface area contributed by atoms with Crippen molar-refractivity contribution < 1.29 is 32.9 Å². The van der Waals surface area contributed by atoms with Crippen LogP contribution >= 0.6 is 0 Å². The number of carbonyl (C=O) groups excluding carboxylic acids is 1. The number of fused-ring (bicyclic) bond motifs is 5. The predicted molar refractivity (Wildman–Crippen MR) is 135 cm³/mol. The quantitative estimate of drug-likeness (QED) is 0.382. The minimum absolute atomic E-state index is 0.00108. The average Bonchev–Trinajstić information content (AvgIpc) is 3.27. The number of halogens is 3. The monoisotopic (exact) mass is 543 g/mol.